The molecule has 1 amide bonds. The molecule has 1 aliphatic rings. The van der Waals surface area contributed by atoms with Gasteiger partial charge in [-0.15, -0.1) is 6.58 Å². The Morgan fingerprint density at radius 2 is 2.16 bits per heavy atom. The average Bonchev–Trinajstić information content (AvgIpc) is 2.70. The first-order chi connectivity index (χ1) is 9.12. The number of aliphatic hydroxyl groups excluding tert-OH is 1. The van der Waals surface area contributed by atoms with E-state index >= 15 is 0 Å². The van der Waals surface area contributed by atoms with Gasteiger partial charge in [-0.25, -0.2) is 0 Å². The van der Waals surface area contributed by atoms with E-state index in [9.17, 15) is 9.90 Å². The van der Waals surface area contributed by atoms with E-state index in [4.69, 9.17) is 0 Å². The molecule has 2 rings (SSSR count). The number of carbonyl (C=O) groups excluding carboxylic acids is 1. The second kappa shape index (κ2) is 5.57. The van der Waals surface area contributed by atoms with Crippen molar-refractivity contribution in [3.05, 3.63) is 48.6 Å². The van der Waals surface area contributed by atoms with Crippen LogP contribution in [0.4, 0.5) is 0 Å². The first-order valence-corrected chi connectivity index (χ1v) is 6.71. The molecule has 1 saturated heterocycles. The van der Waals surface area contributed by atoms with Gasteiger partial charge in [0.15, 0.2) is 0 Å². The topological polar surface area (TPSA) is 40.5 Å². The summed E-state index contributed by atoms with van der Waals surface area (Å²) in [5.41, 5.74) is 0.748. The minimum atomic E-state index is -0.263. The Morgan fingerprint density at radius 1 is 1.47 bits per heavy atom. The molecule has 1 aromatic rings. The normalized spacial score (nSPS) is 24.5. The van der Waals surface area contributed by atoms with Gasteiger partial charge in [0.2, 0.25) is 5.91 Å². The Kier molecular flexibility index (Phi) is 4.05. The summed E-state index contributed by atoms with van der Waals surface area (Å²) in [6.07, 6.45) is 3.97. The second-order valence-corrected chi connectivity index (χ2v) is 5.36. The van der Waals surface area contributed by atoms with Gasteiger partial charge in [0.05, 0.1) is 12.6 Å². The van der Waals surface area contributed by atoms with Crippen molar-refractivity contribution in [3.63, 3.8) is 0 Å². The monoisotopic (exact) mass is 259 g/mol. The van der Waals surface area contributed by atoms with Gasteiger partial charge in [-0.2, -0.15) is 0 Å². The first-order valence-electron chi connectivity index (χ1n) is 6.71. The Balaban J connectivity index is 2.35. The lowest BCUT2D eigenvalue weighted by molar-refractivity contribution is -0.135. The molecule has 0 spiro atoms. The number of aliphatic hydroxyl groups is 1. The highest BCUT2D eigenvalue weighted by Gasteiger charge is 2.44. The van der Waals surface area contributed by atoms with E-state index in [1.165, 1.54) is 0 Å². The summed E-state index contributed by atoms with van der Waals surface area (Å²) in [7, 11) is 0. The van der Waals surface area contributed by atoms with Crippen LogP contribution < -0.4 is 0 Å². The van der Waals surface area contributed by atoms with E-state index in [1.807, 2.05) is 41.3 Å². The highest BCUT2D eigenvalue weighted by atomic mass is 16.3. The molecular weight excluding hydrogens is 238 g/mol. The van der Waals surface area contributed by atoms with Crippen molar-refractivity contribution in [3.8, 4) is 0 Å². The van der Waals surface area contributed by atoms with Crippen LogP contribution in [-0.2, 0) is 4.79 Å². The number of hydrogen-bond donors (Lipinski definition) is 1. The van der Waals surface area contributed by atoms with E-state index in [0.717, 1.165) is 18.4 Å². The Morgan fingerprint density at radius 3 is 2.74 bits per heavy atom. The zero-order valence-electron chi connectivity index (χ0n) is 11.4. The zero-order chi connectivity index (χ0) is 13.9. The predicted molar refractivity (Wildman–Crippen MR) is 75.6 cm³/mol. The van der Waals surface area contributed by atoms with Gasteiger partial charge in [0.25, 0.3) is 0 Å². The van der Waals surface area contributed by atoms with Crippen LogP contribution in [0.15, 0.2) is 43.0 Å². The molecule has 0 aliphatic carbocycles. The van der Waals surface area contributed by atoms with Crippen molar-refractivity contribution in [2.75, 3.05) is 6.61 Å². The lowest BCUT2D eigenvalue weighted by Gasteiger charge is -2.40. The lowest BCUT2D eigenvalue weighted by Crippen LogP contribution is -2.46. The third-order valence-electron chi connectivity index (χ3n) is 3.98. The minimum Gasteiger partial charge on any atom is -0.394 e. The van der Waals surface area contributed by atoms with Gasteiger partial charge in [0.1, 0.15) is 0 Å². The molecule has 102 valence electrons. The fourth-order valence-corrected chi connectivity index (χ4v) is 2.99. The zero-order valence-corrected chi connectivity index (χ0v) is 11.4. The van der Waals surface area contributed by atoms with Crippen LogP contribution in [0.5, 0.6) is 0 Å². The molecule has 0 unspecified atom stereocenters. The average molecular weight is 259 g/mol. The highest BCUT2D eigenvalue weighted by molar-refractivity contribution is 5.80. The van der Waals surface area contributed by atoms with Crippen molar-refractivity contribution in [2.24, 2.45) is 0 Å². The third-order valence-corrected chi connectivity index (χ3v) is 3.98. The Hall–Kier alpha value is -1.61. The molecule has 0 bridgehead atoms. The van der Waals surface area contributed by atoms with Crippen LogP contribution in [0, 0.1) is 0 Å². The van der Waals surface area contributed by atoms with Crippen LogP contribution in [0.25, 0.3) is 0 Å². The predicted octanol–water partition coefficient (Wildman–Crippen LogP) is 2.68. The summed E-state index contributed by atoms with van der Waals surface area (Å²) in [6.45, 7) is 5.81. The smallest absolute Gasteiger partial charge is 0.223 e. The largest absolute Gasteiger partial charge is 0.394 e. The number of rotatable bonds is 5. The summed E-state index contributed by atoms with van der Waals surface area (Å²) in [5.74, 6) is 0.118. The summed E-state index contributed by atoms with van der Waals surface area (Å²) in [5, 5.41) is 9.74. The molecule has 3 heteroatoms. The van der Waals surface area contributed by atoms with Crippen molar-refractivity contribution in [1.29, 1.82) is 0 Å². The molecule has 1 fully saturated rings. The maximum Gasteiger partial charge on any atom is 0.223 e. The highest BCUT2D eigenvalue weighted by Crippen LogP contribution is 2.39. The summed E-state index contributed by atoms with van der Waals surface area (Å²) < 4.78 is 0. The number of amides is 1. The number of nitrogens with zero attached hydrogens (tertiary/aromatic N) is 1. The molecule has 1 aromatic carbocycles. The van der Waals surface area contributed by atoms with E-state index in [-0.39, 0.29) is 24.1 Å². The van der Waals surface area contributed by atoms with Crippen molar-refractivity contribution in [2.45, 2.75) is 37.8 Å². The number of likely N-dealkylation sites (tertiary alicyclic amines) is 1. The molecule has 2 atom stereocenters. The van der Waals surface area contributed by atoms with Crippen molar-refractivity contribution in [1.82, 2.24) is 4.90 Å². The van der Waals surface area contributed by atoms with Crippen LogP contribution >= 0.6 is 0 Å². The molecular formula is C16H21NO2. The molecule has 0 saturated carbocycles. The van der Waals surface area contributed by atoms with Crippen LogP contribution in [0.2, 0.25) is 0 Å². The summed E-state index contributed by atoms with van der Waals surface area (Å²) in [4.78, 5) is 14.1. The van der Waals surface area contributed by atoms with Crippen LogP contribution in [0.3, 0.4) is 0 Å². The van der Waals surface area contributed by atoms with Crippen LogP contribution in [0.1, 0.15) is 37.8 Å². The molecule has 1 aliphatic heterocycles. The van der Waals surface area contributed by atoms with Crippen molar-refractivity contribution >= 4 is 5.91 Å². The standard InChI is InChI=1S/C16H21NO2/c1-3-10-16(2)11-9-15(19)17(16)14(12-18)13-7-5-4-6-8-13/h3-8,14,18H,1,9-12H2,2H3/t14-,16+/m0/s1. The van der Waals surface area contributed by atoms with Crippen molar-refractivity contribution < 1.29 is 9.90 Å². The van der Waals surface area contributed by atoms with Gasteiger partial charge in [-0.3, -0.25) is 4.79 Å². The number of carbonyl (C=O) groups is 1. The Labute approximate surface area is 114 Å². The van der Waals surface area contributed by atoms with Gasteiger partial charge >= 0.3 is 0 Å². The molecule has 1 N–H and O–H groups in total. The van der Waals surface area contributed by atoms with Gasteiger partial charge in [-0.1, -0.05) is 36.4 Å². The number of hydrogen-bond acceptors (Lipinski definition) is 2. The summed E-state index contributed by atoms with van der Waals surface area (Å²) in [6, 6.07) is 9.46. The molecule has 0 radical (unpaired) electrons. The SMILES string of the molecule is C=CC[C@]1(C)CCC(=O)N1[C@@H](CO)c1ccccc1. The van der Waals surface area contributed by atoms with E-state index in [0.29, 0.717) is 6.42 Å². The second-order valence-electron chi connectivity index (χ2n) is 5.36. The Bertz CT molecular complexity index is 457. The molecule has 1 heterocycles. The fourth-order valence-electron chi connectivity index (χ4n) is 2.99. The number of benzene rings is 1. The van der Waals surface area contributed by atoms with E-state index in [1.54, 1.807) is 0 Å². The minimum absolute atomic E-state index is 0.0531. The van der Waals surface area contributed by atoms with E-state index < -0.39 is 0 Å². The van der Waals surface area contributed by atoms with Crippen LogP contribution in [-0.4, -0.2) is 28.1 Å². The lowest BCUT2D eigenvalue weighted by atomic mass is 9.92. The van der Waals surface area contributed by atoms with Gasteiger partial charge in [0, 0.05) is 12.0 Å². The quantitative estimate of drug-likeness (QED) is 0.826. The van der Waals surface area contributed by atoms with Gasteiger partial charge in [-0.05, 0) is 25.3 Å². The first kappa shape index (κ1) is 13.8. The molecule has 3 nitrogen and oxygen atoms in total. The summed E-state index contributed by atoms with van der Waals surface area (Å²) >= 11 is 0. The molecule has 0 aromatic heterocycles. The third kappa shape index (κ3) is 2.56. The fraction of sp³-hybridized carbons (Fsp3) is 0.438. The molecule has 19 heavy (non-hydrogen) atoms. The van der Waals surface area contributed by atoms with E-state index in [2.05, 4.69) is 13.5 Å². The maximum atomic E-state index is 12.2. The maximum absolute atomic E-state index is 12.2. The van der Waals surface area contributed by atoms with Gasteiger partial charge < -0.3 is 10.0 Å².